The number of rotatable bonds is 23. The van der Waals surface area contributed by atoms with Crippen LogP contribution >= 0.6 is 22.7 Å². The molecule has 0 N–H and O–H groups in total. The van der Waals surface area contributed by atoms with Gasteiger partial charge >= 0.3 is 30.9 Å². The lowest BCUT2D eigenvalue weighted by Crippen LogP contribution is -2.10. The minimum absolute atomic E-state index is 0.0135. The third-order valence-electron chi connectivity index (χ3n) is 19.9. The van der Waals surface area contributed by atoms with E-state index in [1.807, 2.05) is 79.7 Å². The Balaban J connectivity index is 0.000000148. The lowest BCUT2D eigenvalue weighted by molar-refractivity contribution is -0.142. The maximum Gasteiger partial charge on any atom is 0.431 e. The fourth-order valence-corrected chi connectivity index (χ4v) is 15.3. The van der Waals surface area contributed by atoms with Crippen LogP contribution in [0.5, 0.6) is 0 Å². The SMILES string of the molecule is CC#Cc1ccc(/C=C/c2cc(-c3cc(C(F)(F)F)n[n-]3)nc(-c3cc(C(F)(F)F)n[n-]3)c2)o1.CC#Cc1ccc(/C=C/c2cc(-c3cc(C(F)(F)F)n[n-]3)nc(-c3cc(C(F)(F)F)n[n-]3)c2)s1.CCCCCCc1cc(CCCCCC)c(-c2nc(C3=Cc4cc(=C=[N-])ccc4=N3)nc(C3=Cc4cc(=C=[N-])ccc4=N3)n2)s1.Cc1ccc(-c2cncc(-c3cc(C(F)(F)F)n[n-]3)n2)cc1. The summed E-state index contributed by atoms with van der Waals surface area (Å²) in [5.74, 6) is 18.0. The lowest BCUT2D eigenvalue weighted by Gasteiger charge is -2.11. The predicted octanol–water partition coefficient (Wildman–Crippen LogP) is 20.5. The normalized spacial score (nSPS) is 12.3. The van der Waals surface area contributed by atoms with Gasteiger partial charge in [0, 0.05) is 26.4 Å². The lowest BCUT2D eigenvalue weighted by atomic mass is 10.1. The first-order valence-electron chi connectivity index (χ1n) is 41.2. The van der Waals surface area contributed by atoms with E-state index < -0.39 is 59.4 Å². The smallest absolute Gasteiger partial charge is 0.431 e. The van der Waals surface area contributed by atoms with Crippen LogP contribution in [0.1, 0.15) is 179 Å². The Hall–Kier alpha value is -15.4. The van der Waals surface area contributed by atoms with E-state index in [4.69, 9.17) is 29.4 Å². The van der Waals surface area contributed by atoms with Crippen LogP contribution in [0.15, 0.2) is 172 Å². The molecular formula is C96H67F15N21OS2-7. The number of alkyl halides is 15. The second kappa shape index (κ2) is 41.6. The Morgan fingerprint density at radius 3 is 1.27 bits per heavy atom. The zero-order valence-corrected chi connectivity index (χ0v) is 73.0. The summed E-state index contributed by atoms with van der Waals surface area (Å²) in [6.45, 7) is 9.80. The molecule has 0 fully saturated rings. The highest BCUT2D eigenvalue weighted by molar-refractivity contribution is 7.15. The minimum atomic E-state index is -4.72. The molecule has 0 amide bonds. The summed E-state index contributed by atoms with van der Waals surface area (Å²) in [4.78, 5) is 45.4. The number of hydrogen-bond donors (Lipinski definition) is 0. The molecule has 0 saturated carbocycles. The largest absolute Gasteiger partial charge is 0.763 e. The molecule has 15 aromatic rings. The predicted molar refractivity (Wildman–Crippen MR) is 478 cm³/mol. The third kappa shape index (κ3) is 24.7. The molecule has 686 valence electrons. The van der Waals surface area contributed by atoms with Gasteiger partial charge in [-0.2, -0.15) is 65.9 Å². The van der Waals surface area contributed by atoms with E-state index in [1.165, 1.54) is 97.2 Å². The van der Waals surface area contributed by atoms with Crippen LogP contribution in [0.2, 0.25) is 0 Å². The molecule has 22 nitrogen and oxygen atoms in total. The topological polar surface area (TPSA) is 308 Å². The van der Waals surface area contributed by atoms with Crippen LogP contribution < -0.4 is 46.6 Å². The van der Waals surface area contributed by atoms with E-state index in [2.05, 4.69) is 126 Å². The fraction of sp³-hybridized carbons (Fsp3) is 0.208. The molecule has 39 heteroatoms. The molecule has 12 aromatic heterocycles. The van der Waals surface area contributed by atoms with Crippen molar-refractivity contribution in [2.24, 2.45) is 9.98 Å². The summed E-state index contributed by atoms with van der Waals surface area (Å²) < 4.78 is 199. The van der Waals surface area contributed by atoms with Gasteiger partial charge in [0.15, 0.2) is 23.2 Å². The average Bonchev–Trinajstić information content (AvgIpc) is 1.62. The standard InChI is InChI=1S/C37H35N7S.C22H11F6N5O.C22H11F6N5S.C15H10F3N4/c1-3-5-7-9-11-26-19-29(12-10-8-6-4-2)45-34(26)37-43-35(32-20-27-17-24(22-38)13-15-30(27)40-32)42-36(44-37)33-21-28-18-25(23-39)14-16-31(28)41-33;2*1-2-3-13-6-7-14(34-13)5-4-12-8-15(17-10-19(32-30-17)21(23,24)25)29-16(9-12)18-11-20(33-31-18)22(26,27)28;1-9-2-4-10(5-3-9)12-7-19-8-13(20-12)11-6-14(22-21-11)15(16,17)18/h13-21H,3-12H2,1-2H3;2*4-11H,1H3;2-8H,1H3/q3*-2;-1/b;2*5-4+;. The minimum Gasteiger partial charge on any atom is -0.763 e. The molecule has 14 heterocycles. The summed E-state index contributed by atoms with van der Waals surface area (Å²) in [6, 6.07) is 37.3. The molecule has 135 heavy (non-hydrogen) atoms. The summed E-state index contributed by atoms with van der Waals surface area (Å²) in [5, 5.41) is 54.8. The van der Waals surface area contributed by atoms with Crippen LogP contribution in [0.4, 0.5) is 65.9 Å². The maximum atomic E-state index is 13.0. The molecule has 17 rings (SSSR count). The number of unbranched alkanes of at least 4 members (excludes halogenated alkanes) is 6. The van der Waals surface area contributed by atoms with Crippen LogP contribution in [0, 0.1) is 30.6 Å². The number of aryl methyl sites for hydroxylation is 3. The van der Waals surface area contributed by atoms with E-state index in [0.717, 1.165) is 72.9 Å². The number of fused-ring (bicyclic) bond motifs is 2. The monoisotopic (exact) mass is 1880 g/mol. The summed E-state index contributed by atoms with van der Waals surface area (Å²) in [5.41, 5.74) is 1.12. The molecule has 2 aliphatic heterocycles. The summed E-state index contributed by atoms with van der Waals surface area (Å²) in [7, 11) is 0. The molecule has 0 radical (unpaired) electrons. The van der Waals surface area contributed by atoms with Crippen molar-refractivity contribution in [2.75, 3.05) is 0 Å². The molecule has 3 aromatic carbocycles. The van der Waals surface area contributed by atoms with Crippen LogP contribution in [-0.4, -0.2) is 72.1 Å². The van der Waals surface area contributed by atoms with Gasteiger partial charge < -0.3 is 66.2 Å². The number of furan rings is 1. The van der Waals surface area contributed by atoms with E-state index in [1.54, 1.807) is 80.0 Å². The molecule has 0 aliphatic carbocycles. The maximum absolute atomic E-state index is 13.0. The van der Waals surface area contributed by atoms with Crippen molar-refractivity contribution in [1.29, 1.82) is 0 Å². The molecule has 0 bridgehead atoms. The van der Waals surface area contributed by atoms with Crippen molar-refractivity contribution < 1.29 is 70.3 Å². The summed E-state index contributed by atoms with van der Waals surface area (Å²) in [6.07, 6.45) is 1.62. The second-order valence-electron chi connectivity index (χ2n) is 29.9. The highest BCUT2D eigenvalue weighted by Gasteiger charge is 2.36. The zero-order valence-electron chi connectivity index (χ0n) is 71.3. The van der Waals surface area contributed by atoms with Gasteiger partial charge in [-0.25, -0.2) is 29.9 Å². The van der Waals surface area contributed by atoms with Crippen LogP contribution in [-0.2, 0) is 43.7 Å². The van der Waals surface area contributed by atoms with Gasteiger partial charge in [0.2, 0.25) is 0 Å². The first-order valence-corrected chi connectivity index (χ1v) is 42.8. The molecular weight excluding hydrogens is 1810 g/mol. The number of benzene rings is 3. The molecule has 0 spiro atoms. The molecule has 0 atom stereocenters. The van der Waals surface area contributed by atoms with Crippen molar-refractivity contribution in [2.45, 2.75) is 130 Å². The highest BCUT2D eigenvalue weighted by Crippen LogP contribution is 2.40. The number of halogens is 15. The summed E-state index contributed by atoms with van der Waals surface area (Å²) >= 11 is 3.22. The quantitative estimate of drug-likeness (QED) is 0.0249. The Morgan fingerprint density at radius 2 is 0.837 bits per heavy atom. The van der Waals surface area contributed by atoms with Gasteiger partial charge in [0.25, 0.3) is 0 Å². The highest BCUT2D eigenvalue weighted by atomic mass is 32.1. The number of pyridine rings is 2. The number of hydrogen-bond acceptors (Lipinski definition) is 17. The van der Waals surface area contributed by atoms with E-state index in [0.29, 0.717) is 91.9 Å². The van der Waals surface area contributed by atoms with Crippen molar-refractivity contribution in [3.63, 3.8) is 0 Å². The van der Waals surface area contributed by atoms with Gasteiger partial charge in [0.1, 0.15) is 45.6 Å². The second-order valence-corrected chi connectivity index (χ2v) is 32.2. The van der Waals surface area contributed by atoms with Crippen molar-refractivity contribution in [3.05, 3.63) is 290 Å². The third-order valence-corrected chi connectivity index (χ3v) is 22.1. The van der Waals surface area contributed by atoms with E-state index in [-0.39, 0.29) is 56.9 Å². The Labute approximate surface area is 766 Å². The van der Waals surface area contributed by atoms with E-state index >= 15 is 0 Å². The molecule has 0 unspecified atom stereocenters. The van der Waals surface area contributed by atoms with Crippen LogP contribution in [0.25, 0.3) is 138 Å². The Morgan fingerprint density at radius 1 is 0.407 bits per heavy atom. The van der Waals surface area contributed by atoms with Gasteiger partial charge in [-0.15, -0.1) is 28.6 Å². The number of thiophene rings is 2. The Kier molecular flexibility index (Phi) is 29.5. The first-order chi connectivity index (χ1) is 64.6. The zero-order chi connectivity index (χ0) is 95.9. The fourth-order valence-electron chi connectivity index (χ4n) is 13.3. The average molecular weight is 1880 g/mol. The van der Waals surface area contributed by atoms with Gasteiger partial charge in [-0.05, 0) is 225 Å². The van der Waals surface area contributed by atoms with Crippen molar-refractivity contribution in [1.82, 2.24) is 85.9 Å². The molecule has 0 saturated heterocycles. The first kappa shape index (κ1) is 95.6. The van der Waals surface area contributed by atoms with E-state index in [9.17, 15) is 76.7 Å². The van der Waals surface area contributed by atoms with Crippen molar-refractivity contribution >= 4 is 82.3 Å². The van der Waals surface area contributed by atoms with Gasteiger partial charge in [-0.3, -0.25) is 26.7 Å². The number of nitrogens with zero attached hydrogens (tertiary/aromatic N) is 21. The van der Waals surface area contributed by atoms with Crippen LogP contribution in [0.3, 0.4) is 0 Å². The van der Waals surface area contributed by atoms with Crippen molar-refractivity contribution in [3.8, 4) is 103 Å². The Bertz CT molecular complexity index is 6970. The van der Waals surface area contributed by atoms with Gasteiger partial charge in [-0.1, -0.05) is 135 Å². The number of aromatic nitrogens is 17. The van der Waals surface area contributed by atoms with Gasteiger partial charge in [0.05, 0.1) is 67.0 Å². The molecule has 2 aliphatic rings.